The zero-order valence-electron chi connectivity index (χ0n) is 16.3. The van der Waals surface area contributed by atoms with Crippen LogP contribution in [0.4, 0.5) is 5.69 Å². The van der Waals surface area contributed by atoms with Crippen LogP contribution in [-0.2, 0) is 11.3 Å². The standard InChI is InChI=1S/C21H27BrN2O4/c1-15-5-7-17(8-6-15)24-20(26)14-28-21-18(22)11-16(12-19(21)27-2)13-23-9-3-4-10-25/h5-8,11-12,23,25H,3-4,9-10,13-14H2,1-2H3,(H,24,26). The Bertz CT molecular complexity index is 766. The predicted octanol–water partition coefficient (Wildman–Crippen LogP) is 3.65. The maximum absolute atomic E-state index is 12.2. The van der Waals surface area contributed by atoms with Gasteiger partial charge in [-0.25, -0.2) is 0 Å². The molecule has 0 saturated heterocycles. The molecule has 6 nitrogen and oxygen atoms in total. The van der Waals surface area contributed by atoms with Crippen LogP contribution in [0.25, 0.3) is 0 Å². The van der Waals surface area contributed by atoms with Crippen molar-refractivity contribution in [1.29, 1.82) is 0 Å². The minimum Gasteiger partial charge on any atom is -0.493 e. The number of nitrogens with one attached hydrogen (secondary N) is 2. The maximum Gasteiger partial charge on any atom is 0.262 e. The third-order valence-electron chi connectivity index (χ3n) is 4.06. The Morgan fingerprint density at radius 1 is 1.18 bits per heavy atom. The number of amides is 1. The Morgan fingerprint density at radius 3 is 2.61 bits per heavy atom. The van der Waals surface area contributed by atoms with E-state index in [-0.39, 0.29) is 19.1 Å². The van der Waals surface area contributed by atoms with E-state index in [1.807, 2.05) is 43.3 Å². The van der Waals surface area contributed by atoms with Gasteiger partial charge in [0.05, 0.1) is 11.6 Å². The van der Waals surface area contributed by atoms with Crippen LogP contribution in [0.1, 0.15) is 24.0 Å². The molecular formula is C21H27BrN2O4. The fourth-order valence-corrected chi connectivity index (χ4v) is 3.19. The van der Waals surface area contributed by atoms with Gasteiger partial charge in [-0.05, 0) is 72.1 Å². The number of halogens is 1. The lowest BCUT2D eigenvalue weighted by Crippen LogP contribution is -2.20. The Morgan fingerprint density at radius 2 is 1.93 bits per heavy atom. The zero-order valence-corrected chi connectivity index (χ0v) is 17.8. The summed E-state index contributed by atoms with van der Waals surface area (Å²) in [5.74, 6) is 0.808. The number of methoxy groups -OCH3 is 1. The molecule has 0 aliphatic heterocycles. The first-order valence-corrected chi connectivity index (χ1v) is 10.00. The largest absolute Gasteiger partial charge is 0.493 e. The Labute approximate surface area is 174 Å². The second kappa shape index (κ2) is 11.7. The molecule has 0 aromatic heterocycles. The van der Waals surface area contributed by atoms with E-state index >= 15 is 0 Å². The second-order valence-corrected chi connectivity index (χ2v) is 7.27. The molecule has 2 aromatic carbocycles. The van der Waals surface area contributed by atoms with Crippen LogP contribution in [0.2, 0.25) is 0 Å². The number of hydrogen-bond donors (Lipinski definition) is 3. The Balaban J connectivity index is 1.92. The fourth-order valence-electron chi connectivity index (χ4n) is 2.58. The summed E-state index contributed by atoms with van der Waals surface area (Å²) in [7, 11) is 1.57. The highest BCUT2D eigenvalue weighted by Crippen LogP contribution is 2.36. The topological polar surface area (TPSA) is 79.8 Å². The number of aryl methyl sites for hydroxylation is 1. The molecule has 0 aliphatic rings. The van der Waals surface area contributed by atoms with Crippen LogP contribution in [0.3, 0.4) is 0 Å². The number of aliphatic hydroxyl groups is 1. The number of anilines is 1. The molecule has 2 rings (SSSR count). The molecule has 0 aliphatic carbocycles. The fraction of sp³-hybridized carbons (Fsp3) is 0.381. The quantitative estimate of drug-likeness (QED) is 0.455. The van der Waals surface area contributed by atoms with Crippen LogP contribution in [0.5, 0.6) is 11.5 Å². The summed E-state index contributed by atoms with van der Waals surface area (Å²) in [6.07, 6.45) is 1.71. The summed E-state index contributed by atoms with van der Waals surface area (Å²) < 4.78 is 11.8. The first kappa shape index (κ1) is 22.2. The molecule has 0 unspecified atom stereocenters. The maximum atomic E-state index is 12.2. The van der Waals surface area contributed by atoms with E-state index in [2.05, 4.69) is 26.6 Å². The number of carbonyl (C=O) groups excluding carboxylic acids is 1. The molecule has 152 valence electrons. The second-order valence-electron chi connectivity index (χ2n) is 6.42. The molecule has 0 fully saturated rings. The summed E-state index contributed by atoms with van der Waals surface area (Å²) in [6.45, 7) is 3.59. The lowest BCUT2D eigenvalue weighted by molar-refractivity contribution is -0.118. The molecular weight excluding hydrogens is 424 g/mol. The van der Waals surface area contributed by atoms with Crippen molar-refractivity contribution in [3.05, 3.63) is 52.0 Å². The predicted molar refractivity (Wildman–Crippen MR) is 114 cm³/mol. The van der Waals surface area contributed by atoms with E-state index in [0.717, 1.165) is 40.7 Å². The smallest absolute Gasteiger partial charge is 0.262 e. The number of rotatable bonds is 11. The average Bonchev–Trinajstić information content (AvgIpc) is 2.68. The van der Waals surface area contributed by atoms with E-state index in [1.54, 1.807) is 7.11 Å². The van der Waals surface area contributed by atoms with Crippen molar-refractivity contribution in [2.45, 2.75) is 26.3 Å². The van der Waals surface area contributed by atoms with Crippen molar-refractivity contribution in [2.75, 3.05) is 32.2 Å². The van der Waals surface area contributed by atoms with Crippen molar-refractivity contribution in [1.82, 2.24) is 5.32 Å². The molecule has 7 heteroatoms. The highest BCUT2D eigenvalue weighted by Gasteiger charge is 2.14. The lowest BCUT2D eigenvalue weighted by Gasteiger charge is -2.15. The number of hydrogen-bond acceptors (Lipinski definition) is 5. The van der Waals surface area contributed by atoms with E-state index in [1.165, 1.54) is 0 Å². The van der Waals surface area contributed by atoms with E-state index in [9.17, 15) is 4.79 Å². The van der Waals surface area contributed by atoms with Crippen molar-refractivity contribution in [3.8, 4) is 11.5 Å². The van der Waals surface area contributed by atoms with Gasteiger partial charge in [0.15, 0.2) is 18.1 Å². The molecule has 0 spiro atoms. The van der Waals surface area contributed by atoms with Crippen LogP contribution < -0.4 is 20.1 Å². The van der Waals surface area contributed by atoms with Crippen LogP contribution in [0, 0.1) is 6.92 Å². The summed E-state index contributed by atoms with van der Waals surface area (Å²) in [4.78, 5) is 12.2. The summed E-state index contributed by atoms with van der Waals surface area (Å²) >= 11 is 3.50. The number of ether oxygens (including phenoxy) is 2. The molecule has 28 heavy (non-hydrogen) atoms. The first-order valence-electron chi connectivity index (χ1n) is 9.20. The van der Waals surface area contributed by atoms with Crippen molar-refractivity contribution in [2.24, 2.45) is 0 Å². The molecule has 0 bridgehead atoms. The first-order chi connectivity index (χ1) is 13.5. The molecule has 2 aromatic rings. The Hall–Kier alpha value is -2.09. The minimum absolute atomic E-state index is 0.123. The Kier molecular flexibility index (Phi) is 9.27. The number of unbranched alkanes of at least 4 members (excludes halogenated alkanes) is 1. The van der Waals surface area contributed by atoms with Gasteiger partial charge in [-0.15, -0.1) is 0 Å². The summed E-state index contributed by atoms with van der Waals surface area (Å²) in [6, 6.07) is 11.4. The average molecular weight is 451 g/mol. The van der Waals surface area contributed by atoms with Gasteiger partial charge in [0, 0.05) is 18.8 Å². The van der Waals surface area contributed by atoms with Gasteiger partial charge in [-0.1, -0.05) is 17.7 Å². The van der Waals surface area contributed by atoms with Gasteiger partial charge >= 0.3 is 0 Å². The third-order valence-corrected chi connectivity index (χ3v) is 4.65. The van der Waals surface area contributed by atoms with E-state index < -0.39 is 0 Å². The van der Waals surface area contributed by atoms with Gasteiger partial charge in [0.25, 0.3) is 5.91 Å². The lowest BCUT2D eigenvalue weighted by atomic mass is 10.2. The number of aliphatic hydroxyl groups excluding tert-OH is 1. The van der Waals surface area contributed by atoms with Crippen molar-refractivity contribution < 1.29 is 19.4 Å². The number of carbonyl (C=O) groups is 1. The SMILES string of the molecule is COc1cc(CNCCCCO)cc(Br)c1OCC(=O)Nc1ccc(C)cc1. The van der Waals surface area contributed by atoms with Crippen LogP contribution >= 0.6 is 15.9 Å². The van der Waals surface area contributed by atoms with Gasteiger partial charge in [0.2, 0.25) is 0 Å². The van der Waals surface area contributed by atoms with E-state index in [4.69, 9.17) is 14.6 Å². The van der Waals surface area contributed by atoms with Crippen molar-refractivity contribution >= 4 is 27.5 Å². The molecule has 0 saturated carbocycles. The number of benzene rings is 2. The van der Waals surface area contributed by atoms with Crippen molar-refractivity contribution in [3.63, 3.8) is 0 Å². The van der Waals surface area contributed by atoms with Crippen LogP contribution in [0.15, 0.2) is 40.9 Å². The highest BCUT2D eigenvalue weighted by atomic mass is 79.9. The molecule has 0 atom stereocenters. The minimum atomic E-state index is -0.243. The summed E-state index contributed by atoms with van der Waals surface area (Å²) in [5.41, 5.74) is 2.89. The molecule has 0 radical (unpaired) electrons. The monoisotopic (exact) mass is 450 g/mol. The third kappa shape index (κ3) is 7.14. The molecule has 1 amide bonds. The van der Waals surface area contributed by atoms with Gasteiger partial charge in [0.1, 0.15) is 0 Å². The van der Waals surface area contributed by atoms with Gasteiger partial charge in [-0.3, -0.25) is 4.79 Å². The molecule has 0 heterocycles. The highest BCUT2D eigenvalue weighted by molar-refractivity contribution is 9.10. The van der Waals surface area contributed by atoms with E-state index in [0.29, 0.717) is 18.0 Å². The normalized spacial score (nSPS) is 10.6. The van der Waals surface area contributed by atoms with Gasteiger partial charge < -0.3 is 25.2 Å². The summed E-state index contributed by atoms with van der Waals surface area (Å²) in [5, 5.41) is 14.9. The molecule has 3 N–H and O–H groups in total. The zero-order chi connectivity index (χ0) is 20.4. The van der Waals surface area contributed by atoms with Crippen LogP contribution in [-0.4, -0.2) is 37.9 Å². The van der Waals surface area contributed by atoms with Gasteiger partial charge in [-0.2, -0.15) is 0 Å².